The summed E-state index contributed by atoms with van der Waals surface area (Å²) in [7, 11) is 2.52. The smallest absolute Gasteiger partial charge is 0.388 e. The molecule has 1 aromatic carbocycles. The van der Waals surface area contributed by atoms with Gasteiger partial charge in [0.2, 0.25) is 12.3 Å². The van der Waals surface area contributed by atoms with E-state index in [1.807, 2.05) is 0 Å². The highest BCUT2D eigenvalue weighted by Gasteiger charge is 2.30. The van der Waals surface area contributed by atoms with Gasteiger partial charge in [-0.15, -0.1) is 6.42 Å². The summed E-state index contributed by atoms with van der Waals surface area (Å²) in [4.78, 5) is 12.4. The van der Waals surface area contributed by atoms with Crippen LogP contribution in [0.5, 0.6) is 11.6 Å². The minimum absolute atomic E-state index is 0.0755. The van der Waals surface area contributed by atoms with Crippen molar-refractivity contribution >= 4 is 35.3 Å². The number of ether oxygens (including phenoxy) is 2. The van der Waals surface area contributed by atoms with Gasteiger partial charge in [-0.05, 0) is 6.07 Å². The summed E-state index contributed by atoms with van der Waals surface area (Å²) in [5, 5.41) is 3.39. The Kier molecular flexibility index (Phi) is 6.46. The number of hydrogen-bond acceptors (Lipinski definition) is 4. The first-order chi connectivity index (χ1) is 12.8. The molecule has 0 saturated heterocycles. The molecular formula is C16H12Cl2F3N3O3. The third kappa shape index (κ3) is 3.91. The van der Waals surface area contributed by atoms with E-state index in [9.17, 15) is 18.0 Å². The number of carbonyl (C=O) groups is 1. The van der Waals surface area contributed by atoms with Gasteiger partial charge in [-0.2, -0.15) is 13.9 Å². The number of benzene rings is 1. The van der Waals surface area contributed by atoms with Crippen molar-refractivity contribution in [2.24, 2.45) is 7.05 Å². The van der Waals surface area contributed by atoms with E-state index >= 15 is 0 Å². The van der Waals surface area contributed by atoms with Gasteiger partial charge in [0.1, 0.15) is 22.2 Å². The predicted molar refractivity (Wildman–Crippen MR) is 94.0 cm³/mol. The maximum atomic E-state index is 14.8. The summed E-state index contributed by atoms with van der Waals surface area (Å²) in [6.45, 7) is -3.43. The van der Waals surface area contributed by atoms with Gasteiger partial charge in [-0.1, -0.05) is 29.1 Å². The minimum atomic E-state index is -3.18. The van der Waals surface area contributed by atoms with Gasteiger partial charge in [-0.25, -0.2) is 9.07 Å². The molecule has 0 unspecified atom stereocenters. The average molecular weight is 422 g/mol. The lowest BCUT2D eigenvalue weighted by Gasteiger charge is -2.22. The number of amides is 1. The molecule has 0 fully saturated rings. The fourth-order valence-electron chi connectivity index (χ4n) is 2.40. The summed E-state index contributed by atoms with van der Waals surface area (Å²) in [6, 6.07) is 0.913. The van der Waals surface area contributed by atoms with Gasteiger partial charge < -0.3 is 9.47 Å². The van der Waals surface area contributed by atoms with Crippen LogP contribution in [0.2, 0.25) is 10.0 Å². The highest BCUT2D eigenvalue weighted by Crippen LogP contribution is 2.47. The predicted octanol–water partition coefficient (Wildman–Crippen LogP) is 3.74. The van der Waals surface area contributed by atoms with Crippen LogP contribution in [0.4, 0.5) is 18.9 Å². The van der Waals surface area contributed by atoms with E-state index in [2.05, 4.69) is 15.8 Å². The summed E-state index contributed by atoms with van der Waals surface area (Å²) >= 11 is 12.1. The van der Waals surface area contributed by atoms with Gasteiger partial charge in [0.15, 0.2) is 5.75 Å². The Morgan fingerprint density at radius 3 is 2.67 bits per heavy atom. The number of carbonyl (C=O) groups excluding carboxylic acids is 1. The van der Waals surface area contributed by atoms with Crippen molar-refractivity contribution in [2.75, 3.05) is 18.6 Å². The standard InChI is InChI=1S/C16H12Cl2F3N3O3/c1-4-5-24(7-25)13-10(9(19)6-8(17)14(13)26-3)12-11(18)15(23(2)22-12)27-16(20)21/h1,6-7,16H,5H2,2-3H3. The Bertz CT molecular complexity index is 913. The van der Waals surface area contributed by atoms with E-state index < -0.39 is 23.3 Å². The molecule has 0 atom stereocenters. The Morgan fingerprint density at radius 2 is 2.15 bits per heavy atom. The zero-order valence-corrected chi connectivity index (χ0v) is 15.5. The SMILES string of the molecule is C#CCN(C=O)c1c(OC)c(Cl)cc(F)c1-c1nn(C)c(OC(F)F)c1Cl. The van der Waals surface area contributed by atoms with Crippen molar-refractivity contribution in [1.82, 2.24) is 9.78 Å². The fraction of sp³-hybridized carbons (Fsp3) is 0.250. The number of terminal acetylenes is 1. The number of aryl methyl sites for hydroxylation is 1. The second-order valence-corrected chi connectivity index (χ2v) is 5.79. The lowest BCUT2D eigenvalue weighted by Crippen LogP contribution is -2.23. The van der Waals surface area contributed by atoms with Crippen molar-refractivity contribution in [3.63, 3.8) is 0 Å². The summed E-state index contributed by atoms with van der Waals surface area (Å²) in [6.07, 6.45) is 5.58. The van der Waals surface area contributed by atoms with Crippen LogP contribution < -0.4 is 14.4 Å². The molecule has 1 aromatic heterocycles. The first-order valence-electron chi connectivity index (χ1n) is 7.15. The topological polar surface area (TPSA) is 56.6 Å². The van der Waals surface area contributed by atoms with Crippen LogP contribution in [0, 0.1) is 18.2 Å². The van der Waals surface area contributed by atoms with E-state index in [4.69, 9.17) is 34.4 Å². The Balaban J connectivity index is 2.85. The van der Waals surface area contributed by atoms with Crippen LogP contribution in [0.1, 0.15) is 0 Å². The summed E-state index contributed by atoms with van der Waals surface area (Å²) in [5.74, 6) is 0.741. The van der Waals surface area contributed by atoms with E-state index in [1.54, 1.807) is 0 Å². The average Bonchev–Trinajstić information content (AvgIpc) is 2.86. The second-order valence-electron chi connectivity index (χ2n) is 5.00. The molecule has 144 valence electrons. The van der Waals surface area contributed by atoms with Crippen LogP contribution in [0.15, 0.2) is 6.07 Å². The first-order valence-corrected chi connectivity index (χ1v) is 7.91. The molecule has 0 saturated carbocycles. The zero-order valence-electron chi connectivity index (χ0n) is 14.0. The van der Waals surface area contributed by atoms with E-state index in [1.165, 1.54) is 14.2 Å². The molecule has 0 aliphatic carbocycles. The van der Waals surface area contributed by atoms with Gasteiger partial charge in [-0.3, -0.25) is 9.69 Å². The lowest BCUT2D eigenvalue weighted by molar-refractivity contribution is -0.107. The van der Waals surface area contributed by atoms with Crippen LogP contribution >= 0.6 is 23.2 Å². The third-order valence-corrected chi connectivity index (χ3v) is 4.04. The monoisotopic (exact) mass is 421 g/mol. The number of methoxy groups -OCH3 is 1. The normalized spacial score (nSPS) is 10.6. The minimum Gasteiger partial charge on any atom is -0.493 e. The fourth-order valence-corrected chi connectivity index (χ4v) is 2.97. The zero-order chi connectivity index (χ0) is 20.3. The van der Waals surface area contributed by atoms with Gasteiger partial charge >= 0.3 is 6.61 Å². The van der Waals surface area contributed by atoms with Crippen molar-refractivity contribution < 1.29 is 27.4 Å². The summed E-state index contributed by atoms with van der Waals surface area (Å²) < 4.78 is 50.4. The molecule has 0 N–H and O–H groups in total. The van der Waals surface area contributed by atoms with Crippen molar-refractivity contribution in [3.05, 3.63) is 21.9 Å². The molecule has 0 bridgehead atoms. The maximum absolute atomic E-state index is 14.8. The molecule has 0 radical (unpaired) electrons. The van der Waals surface area contributed by atoms with Gasteiger partial charge in [0.25, 0.3) is 0 Å². The number of alkyl halides is 2. The van der Waals surface area contributed by atoms with E-state index in [0.29, 0.717) is 6.41 Å². The number of nitrogens with zero attached hydrogens (tertiary/aromatic N) is 3. The summed E-state index contributed by atoms with van der Waals surface area (Å²) in [5.41, 5.74) is -0.733. The number of anilines is 1. The van der Waals surface area contributed by atoms with Crippen LogP contribution in [-0.2, 0) is 11.8 Å². The van der Waals surface area contributed by atoms with Crippen molar-refractivity contribution in [1.29, 1.82) is 0 Å². The Labute approximate surface area is 162 Å². The maximum Gasteiger partial charge on any atom is 0.388 e. The molecule has 2 rings (SSSR count). The molecular weight excluding hydrogens is 410 g/mol. The molecule has 0 spiro atoms. The molecule has 0 aliphatic heterocycles. The van der Waals surface area contributed by atoms with Crippen LogP contribution in [0.25, 0.3) is 11.3 Å². The number of rotatable bonds is 7. The molecule has 6 nitrogen and oxygen atoms in total. The van der Waals surface area contributed by atoms with Gasteiger partial charge in [0, 0.05) is 7.05 Å². The number of halogens is 5. The molecule has 11 heteroatoms. The van der Waals surface area contributed by atoms with Crippen molar-refractivity contribution in [2.45, 2.75) is 6.61 Å². The van der Waals surface area contributed by atoms with Crippen LogP contribution in [-0.4, -0.2) is 36.5 Å². The van der Waals surface area contributed by atoms with Crippen LogP contribution in [0.3, 0.4) is 0 Å². The molecule has 1 heterocycles. The molecule has 1 amide bonds. The highest BCUT2D eigenvalue weighted by molar-refractivity contribution is 6.35. The largest absolute Gasteiger partial charge is 0.493 e. The quantitative estimate of drug-likeness (QED) is 0.504. The third-order valence-electron chi connectivity index (χ3n) is 3.42. The lowest BCUT2D eigenvalue weighted by atomic mass is 10.1. The van der Waals surface area contributed by atoms with E-state index in [0.717, 1.165) is 15.6 Å². The Hall–Kier alpha value is -2.57. The first kappa shape index (κ1) is 20.7. The van der Waals surface area contributed by atoms with Gasteiger partial charge in [0.05, 0.1) is 24.2 Å². The molecule has 27 heavy (non-hydrogen) atoms. The highest BCUT2D eigenvalue weighted by atomic mass is 35.5. The molecule has 0 aliphatic rings. The van der Waals surface area contributed by atoms with E-state index in [-0.39, 0.29) is 34.3 Å². The molecule has 2 aromatic rings. The second kappa shape index (κ2) is 8.41. The Morgan fingerprint density at radius 1 is 1.48 bits per heavy atom. The number of aromatic nitrogens is 2. The number of hydrogen-bond donors (Lipinski definition) is 0. The van der Waals surface area contributed by atoms with Crippen molar-refractivity contribution in [3.8, 4) is 35.2 Å².